The third-order valence-electron chi connectivity index (χ3n) is 4.33. The zero-order valence-electron chi connectivity index (χ0n) is 14.5. The molecule has 2 heterocycles. The van der Waals surface area contributed by atoms with Gasteiger partial charge in [0.2, 0.25) is 0 Å². The maximum atomic E-state index is 11.9. The molecule has 1 fully saturated rings. The number of hydrogen-bond donors (Lipinski definition) is 2. The van der Waals surface area contributed by atoms with E-state index in [0.29, 0.717) is 6.54 Å². The zero-order valence-corrected chi connectivity index (χ0v) is 14.5. The molecule has 1 aromatic rings. The molecule has 1 aromatic heterocycles. The van der Waals surface area contributed by atoms with Gasteiger partial charge in [0.05, 0.1) is 6.04 Å². The molecule has 2 amide bonds. The molecule has 0 aromatic carbocycles. The van der Waals surface area contributed by atoms with E-state index in [9.17, 15) is 4.79 Å². The van der Waals surface area contributed by atoms with Crippen molar-refractivity contribution in [2.45, 2.75) is 26.3 Å². The third kappa shape index (κ3) is 5.47. The van der Waals surface area contributed by atoms with Crippen molar-refractivity contribution in [2.75, 3.05) is 45.8 Å². The minimum atomic E-state index is -0.162. The van der Waals surface area contributed by atoms with Crippen LogP contribution in [0.25, 0.3) is 0 Å². The predicted molar refractivity (Wildman–Crippen MR) is 89.1 cm³/mol. The van der Waals surface area contributed by atoms with Gasteiger partial charge in [-0.25, -0.2) is 4.79 Å². The van der Waals surface area contributed by atoms with E-state index in [1.165, 1.54) is 0 Å². The number of carbonyl (C=O) groups is 1. The van der Waals surface area contributed by atoms with Gasteiger partial charge in [0.25, 0.3) is 0 Å². The Hall–Kier alpha value is -1.67. The highest BCUT2D eigenvalue weighted by Crippen LogP contribution is 2.06. The molecule has 2 rings (SSSR count). The van der Waals surface area contributed by atoms with Crippen molar-refractivity contribution in [2.24, 2.45) is 7.05 Å². The van der Waals surface area contributed by atoms with E-state index in [-0.39, 0.29) is 12.1 Å². The van der Waals surface area contributed by atoms with Crippen molar-refractivity contribution >= 4 is 6.03 Å². The summed E-state index contributed by atoms with van der Waals surface area (Å²) >= 11 is 0. The maximum Gasteiger partial charge on any atom is 0.315 e. The summed E-state index contributed by atoms with van der Waals surface area (Å²) in [6.45, 7) is 11.5. The fourth-order valence-electron chi connectivity index (χ4n) is 2.83. The number of urea groups is 1. The molecule has 0 unspecified atom stereocenters. The van der Waals surface area contributed by atoms with Crippen molar-refractivity contribution in [1.82, 2.24) is 35.2 Å². The number of carbonyl (C=O) groups excluding carboxylic acids is 1. The molecule has 130 valence electrons. The van der Waals surface area contributed by atoms with E-state index in [0.717, 1.165) is 51.5 Å². The van der Waals surface area contributed by atoms with Gasteiger partial charge >= 0.3 is 6.03 Å². The topological polar surface area (TPSA) is 78.3 Å². The van der Waals surface area contributed by atoms with E-state index < -0.39 is 0 Å². The fraction of sp³-hybridized carbons (Fsp3) is 0.800. The van der Waals surface area contributed by atoms with Gasteiger partial charge in [-0.15, -0.1) is 10.2 Å². The Morgan fingerprint density at radius 2 is 2.00 bits per heavy atom. The Morgan fingerprint density at radius 3 is 2.61 bits per heavy atom. The Bertz CT molecular complexity index is 482. The lowest BCUT2D eigenvalue weighted by Gasteiger charge is -2.33. The molecule has 8 heteroatoms. The summed E-state index contributed by atoms with van der Waals surface area (Å²) in [5.74, 6) is 0.744. The van der Waals surface area contributed by atoms with Crippen LogP contribution < -0.4 is 10.6 Å². The van der Waals surface area contributed by atoms with Crippen molar-refractivity contribution in [1.29, 1.82) is 0 Å². The molecule has 8 nitrogen and oxygen atoms in total. The molecule has 1 saturated heterocycles. The van der Waals surface area contributed by atoms with Crippen LogP contribution in [-0.4, -0.2) is 76.4 Å². The number of aryl methyl sites for hydroxylation is 1. The molecule has 2 N–H and O–H groups in total. The third-order valence-corrected chi connectivity index (χ3v) is 4.33. The smallest absolute Gasteiger partial charge is 0.315 e. The minimum absolute atomic E-state index is 0.156. The number of hydrogen-bond acceptors (Lipinski definition) is 5. The first-order valence-electron chi connectivity index (χ1n) is 8.43. The average molecular weight is 323 g/mol. The van der Waals surface area contributed by atoms with Gasteiger partial charge in [0.15, 0.2) is 5.82 Å². The van der Waals surface area contributed by atoms with Crippen molar-refractivity contribution in [3.8, 4) is 0 Å². The number of amides is 2. The number of rotatable bonds is 7. The van der Waals surface area contributed by atoms with Gasteiger partial charge < -0.3 is 25.0 Å². The van der Waals surface area contributed by atoms with Crippen LogP contribution in [0.5, 0.6) is 0 Å². The van der Waals surface area contributed by atoms with Gasteiger partial charge in [-0.3, -0.25) is 0 Å². The molecule has 0 aliphatic carbocycles. The zero-order chi connectivity index (χ0) is 16.7. The Kier molecular flexibility index (Phi) is 6.79. The van der Waals surface area contributed by atoms with Crippen LogP contribution in [0, 0.1) is 0 Å². The van der Waals surface area contributed by atoms with E-state index in [1.807, 2.05) is 14.0 Å². The van der Waals surface area contributed by atoms with Gasteiger partial charge in [-0.2, -0.15) is 0 Å². The Balaban J connectivity index is 1.57. The van der Waals surface area contributed by atoms with Crippen LogP contribution in [0.1, 0.15) is 32.1 Å². The Labute approximate surface area is 138 Å². The highest BCUT2D eigenvalue weighted by atomic mass is 16.2. The van der Waals surface area contributed by atoms with Crippen LogP contribution in [0.4, 0.5) is 4.79 Å². The second-order valence-corrected chi connectivity index (χ2v) is 6.05. The number of nitrogens with zero attached hydrogens (tertiary/aromatic N) is 5. The second kappa shape index (κ2) is 8.83. The monoisotopic (exact) mass is 323 g/mol. The first-order chi connectivity index (χ1) is 11.1. The maximum absolute atomic E-state index is 11.9. The largest absolute Gasteiger partial charge is 0.338 e. The molecule has 0 saturated carbocycles. The van der Waals surface area contributed by atoms with Crippen LogP contribution in [0.3, 0.4) is 0 Å². The SMILES string of the molecule is CCN1CCN(CCCNC(=O)N[C@@H](C)c2nncn2C)CC1. The van der Waals surface area contributed by atoms with Crippen molar-refractivity contribution in [3.63, 3.8) is 0 Å². The van der Waals surface area contributed by atoms with Gasteiger partial charge in [-0.1, -0.05) is 6.92 Å². The lowest BCUT2D eigenvalue weighted by Crippen LogP contribution is -2.47. The highest BCUT2D eigenvalue weighted by Gasteiger charge is 2.15. The lowest BCUT2D eigenvalue weighted by atomic mass is 10.3. The second-order valence-electron chi connectivity index (χ2n) is 6.05. The summed E-state index contributed by atoms with van der Waals surface area (Å²) in [7, 11) is 1.86. The molecule has 0 radical (unpaired) electrons. The van der Waals surface area contributed by atoms with Crippen LogP contribution in [0.15, 0.2) is 6.33 Å². The van der Waals surface area contributed by atoms with E-state index in [4.69, 9.17) is 0 Å². The average Bonchev–Trinajstić information content (AvgIpc) is 2.98. The quantitative estimate of drug-likeness (QED) is 0.701. The summed E-state index contributed by atoms with van der Waals surface area (Å²) in [5.41, 5.74) is 0. The lowest BCUT2D eigenvalue weighted by molar-refractivity contribution is 0.136. The summed E-state index contributed by atoms with van der Waals surface area (Å²) in [5, 5.41) is 13.6. The highest BCUT2D eigenvalue weighted by molar-refractivity contribution is 5.74. The fourth-order valence-corrected chi connectivity index (χ4v) is 2.83. The number of nitrogens with one attached hydrogen (secondary N) is 2. The predicted octanol–water partition coefficient (Wildman–Crippen LogP) is 0.203. The van der Waals surface area contributed by atoms with Gasteiger partial charge in [0.1, 0.15) is 6.33 Å². The molecular formula is C15H29N7O. The van der Waals surface area contributed by atoms with Crippen molar-refractivity contribution < 1.29 is 4.79 Å². The molecule has 0 bridgehead atoms. The van der Waals surface area contributed by atoms with Gasteiger partial charge in [0, 0.05) is 39.8 Å². The summed E-state index contributed by atoms with van der Waals surface area (Å²) in [6.07, 6.45) is 2.60. The van der Waals surface area contributed by atoms with Crippen LogP contribution in [-0.2, 0) is 7.05 Å². The van der Waals surface area contributed by atoms with E-state index in [1.54, 1.807) is 10.9 Å². The van der Waals surface area contributed by atoms with Crippen LogP contribution >= 0.6 is 0 Å². The number of aromatic nitrogens is 3. The minimum Gasteiger partial charge on any atom is -0.338 e. The van der Waals surface area contributed by atoms with Gasteiger partial charge in [-0.05, 0) is 26.4 Å². The molecule has 23 heavy (non-hydrogen) atoms. The number of likely N-dealkylation sites (N-methyl/N-ethyl adjacent to an activating group) is 1. The summed E-state index contributed by atoms with van der Waals surface area (Å²) < 4.78 is 1.81. The van der Waals surface area contributed by atoms with Crippen molar-refractivity contribution in [3.05, 3.63) is 12.2 Å². The standard InChI is InChI=1S/C15H29N7O/c1-4-21-8-10-22(11-9-21)7-5-6-16-15(23)18-13(2)14-19-17-12-20(14)3/h12-13H,4-11H2,1-3H3,(H2,16,18,23)/t13-/m0/s1. The van der Waals surface area contributed by atoms with E-state index >= 15 is 0 Å². The molecule has 1 aliphatic rings. The van der Waals surface area contributed by atoms with Crippen LogP contribution in [0.2, 0.25) is 0 Å². The number of piperazine rings is 1. The summed E-state index contributed by atoms with van der Waals surface area (Å²) in [6, 6.07) is -0.319. The first-order valence-corrected chi connectivity index (χ1v) is 8.43. The molecule has 0 spiro atoms. The van der Waals surface area contributed by atoms with E-state index in [2.05, 4.69) is 37.6 Å². The first kappa shape index (κ1) is 17.7. The summed E-state index contributed by atoms with van der Waals surface area (Å²) in [4.78, 5) is 16.8. The molecule has 1 aliphatic heterocycles. The molecule has 1 atom stereocenters. The normalized spacial score (nSPS) is 17.9. The Morgan fingerprint density at radius 1 is 1.30 bits per heavy atom. The molecular weight excluding hydrogens is 294 g/mol.